The van der Waals surface area contributed by atoms with Gasteiger partial charge < -0.3 is 14.2 Å². The Morgan fingerprint density at radius 1 is 1.50 bits per heavy atom. The van der Waals surface area contributed by atoms with Crippen molar-refractivity contribution in [3.8, 4) is 5.75 Å². The summed E-state index contributed by atoms with van der Waals surface area (Å²) < 4.78 is 16.3. The maximum Gasteiger partial charge on any atom is 0.200 e. The van der Waals surface area contributed by atoms with Crippen LogP contribution in [0.2, 0.25) is 0 Å². The van der Waals surface area contributed by atoms with E-state index in [-0.39, 0.29) is 0 Å². The molecule has 0 spiro atoms. The molecule has 0 aromatic heterocycles. The van der Waals surface area contributed by atoms with Crippen LogP contribution in [0.15, 0.2) is 24.3 Å². The van der Waals surface area contributed by atoms with Gasteiger partial charge in [0.15, 0.2) is 5.79 Å². The fraction of sp³-hybridized carbons (Fsp3) is 0.455. The normalized spacial score (nSPS) is 19.5. The second kappa shape index (κ2) is 3.98. The molecule has 14 heavy (non-hydrogen) atoms. The second-order valence-corrected chi connectivity index (χ2v) is 3.36. The third-order valence-electron chi connectivity index (χ3n) is 2.08. The smallest absolute Gasteiger partial charge is 0.200 e. The van der Waals surface area contributed by atoms with Crippen LogP contribution in [0, 0.1) is 6.07 Å². The van der Waals surface area contributed by atoms with Crippen LogP contribution in [0.4, 0.5) is 0 Å². The van der Waals surface area contributed by atoms with Gasteiger partial charge in [-0.05, 0) is 25.1 Å². The predicted octanol–water partition coefficient (Wildman–Crippen LogP) is 1.63. The second-order valence-electron chi connectivity index (χ2n) is 3.36. The molecule has 1 radical (unpaired) electrons. The number of benzene rings is 1. The summed E-state index contributed by atoms with van der Waals surface area (Å²) in [5.41, 5.74) is 0. The number of rotatable bonds is 3. The Morgan fingerprint density at radius 3 is 2.93 bits per heavy atom. The molecule has 1 aromatic carbocycles. The van der Waals surface area contributed by atoms with Crippen molar-refractivity contribution in [1.82, 2.24) is 0 Å². The molecule has 3 nitrogen and oxygen atoms in total. The lowest BCUT2D eigenvalue weighted by atomic mass is 10.3. The highest BCUT2D eigenvalue weighted by Gasteiger charge is 2.31. The SMILES string of the molecule is CC1(COc2c[c]ccc2)OCCO1. The summed E-state index contributed by atoms with van der Waals surface area (Å²) in [6.07, 6.45) is 0. The molecule has 0 aliphatic carbocycles. The van der Waals surface area contributed by atoms with Crippen LogP contribution in [0.25, 0.3) is 0 Å². The summed E-state index contributed by atoms with van der Waals surface area (Å²) >= 11 is 0. The topological polar surface area (TPSA) is 27.7 Å². The molecule has 2 rings (SSSR count). The first-order valence-corrected chi connectivity index (χ1v) is 4.65. The monoisotopic (exact) mass is 193 g/mol. The van der Waals surface area contributed by atoms with Crippen LogP contribution in [0.1, 0.15) is 6.92 Å². The van der Waals surface area contributed by atoms with Gasteiger partial charge in [0.25, 0.3) is 0 Å². The summed E-state index contributed by atoms with van der Waals surface area (Å²) in [6, 6.07) is 10.3. The van der Waals surface area contributed by atoms with Gasteiger partial charge in [0.05, 0.1) is 13.2 Å². The Balaban J connectivity index is 1.88. The highest BCUT2D eigenvalue weighted by molar-refractivity contribution is 5.20. The van der Waals surface area contributed by atoms with E-state index in [0.29, 0.717) is 19.8 Å². The minimum absolute atomic E-state index is 0.408. The molecule has 75 valence electrons. The van der Waals surface area contributed by atoms with Gasteiger partial charge in [-0.3, -0.25) is 0 Å². The van der Waals surface area contributed by atoms with Crippen molar-refractivity contribution in [2.75, 3.05) is 19.8 Å². The zero-order valence-electron chi connectivity index (χ0n) is 8.16. The van der Waals surface area contributed by atoms with Gasteiger partial charge >= 0.3 is 0 Å². The number of ether oxygens (including phenoxy) is 3. The molecule has 0 atom stereocenters. The number of hydrogen-bond donors (Lipinski definition) is 0. The highest BCUT2D eigenvalue weighted by atomic mass is 16.7. The Hall–Kier alpha value is -1.06. The molecule has 0 bridgehead atoms. The first kappa shape index (κ1) is 9.49. The molecule has 3 heteroatoms. The molecule has 1 heterocycles. The minimum Gasteiger partial charge on any atom is -0.488 e. The van der Waals surface area contributed by atoms with E-state index in [0.717, 1.165) is 5.75 Å². The van der Waals surface area contributed by atoms with Gasteiger partial charge in [-0.15, -0.1) is 0 Å². The van der Waals surface area contributed by atoms with Crippen molar-refractivity contribution in [2.45, 2.75) is 12.7 Å². The fourth-order valence-corrected chi connectivity index (χ4v) is 1.32. The van der Waals surface area contributed by atoms with Gasteiger partial charge in [-0.1, -0.05) is 12.1 Å². The molecule has 1 saturated heterocycles. The van der Waals surface area contributed by atoms with Crippen molar-refractivity contribution < 1.29 is 14.2 Å². The summed E-state index contributed by atoms with van der Waals surface area (Å²) in [7, 11) is 0. The Bertz CT molecular complexity index is 278. The summed E-state index contributed by atoms with van der Waals surface area (Å²) in [6.45, 7) is 3.57. The van der Waals surface area contributed by atoms with E-state index >= 15 is 0 Å². The molecule has 0 saturated carbocycles. The van der Waals surface area contributed by atoms with Gasteiger partial charge in [0, 0.05) is 0 Å². The van der Waals surface area contributed by atoms with Crippen LogP contribution in [-0.2, 0) is 9.47 Å². The fourth-order valence-electron chi connectivity index (χ4n) is 1.32. The van der Waals surface area contributed by atoms with Crippen LogP contribution in [-0.4, -0.2) is 25.6 Å². The van der Waals surface area contributed by atoms with Gasteiger partial charge in [0.1, 0.15) is 12.4 Å². The molecule has 0 amide bonds. The van der Waals surface area contributed by atoms with E-state index in [4.69, 9.17) is 14.2 Å². The Labute approximate surface area is 83.6 Å². The maximum atomic E-state index is 5.51. The van der Waals surface area contributed by atoms with Crippen LogP contribution >= 0.6 is 0 Å². The predicted molar refractivity (Wildman–Crippen MR) is 51.1 cm³/mol. The zero-order chi connectivity index (χ0) is 9.86. The Morgan fingerprint density at radius 2 is 2.29 bits per heavy atom. The van der Waals surface area contributed by atoms with E-state index in [9.17, 15) is 0 Å². The lowest BCUT2D eigenvalue weighted by Crippen LogP contribution is -2.33. The molecule has 1 aliphatic rings. The average molecular weight is 193 g/mol. The molecule has 1 aliphatic heterocycles. The van der Waals surface area contributed by atoms with Crippen molar-refractivity contribution in [3.63, 3.8) is 0 Å². The van der Waals surface area contributed by atoms with E-state index < -0.39 is 5.79 Å². The van der Waals surface area contributed by atoms with Crippen LogP contribution in [0.5, 0.6) is 5.75 Å². The minimum atomic E-state index is -0.587. The summed E-state index contributed by atoms with van der Waals surface area (Å²) in [5.74, 6) is 0.198. The maximum absolute atomic E-state index is 5.51. The quantitative estimate of drug-likeness (QED) is 0.730. The standard InChI is InChI=1S/C11H13O3/c1-11(13-7-8-14-11)9-12-10-5-3-2-4-6-10/h2-3,5-6H,7-9H2,1H3. The average Bonchev–Trinajstić information content (AvgIpc) is 2.65. The molecule has 0 N–H and O–H groups in total. The van der Waals surface area contributed by atoms with E-state index in [1.54, 1.807) is 6.07 Å². The van der Waals surface area contributed by atoms with Crippen LogP contribution in [0.3, 0.4) is 0 Å². The van der Waals surface area contributed by atoms with E-state index in [2.05, 4.69) is 6.07 Å². The van der Waals surface area contributed by atoms with Gasteiger partial charge in [-0.25, -0.2) is 0 Å². The van der Waals surface area contributed by atoms with E-state index in [1.165, 1.54) is 0 Å². The largest absolute Gasteiger partial charge is 0.488 e. The van der Waals surface area contributed by atoms with E-state index in [1.807, 2.05) is 25.1 Å². The molecule has 0 unspecified atom stereocenters. The van der Waals surface area contributed by atoms with Crippen molar-refractivity contribution in [2.24, 2.45) is 0 Å². The molecular weight excluding hydrogens is 180 g/mol. The molecule has 1 fully saturated rings. The third kappa shape index (κ3) is 2.25. The third-order valence-corrected chi connectivity index (χ3v) is 2.08. The highest BCUT2D eigenvalue weighted by Crippen LogP contribution is 2.20. The van der Waals surface area contributed by atoms with Crippen molar-refractivity contribution in [3.05, 3.63) is 30.3 Å². The first-order valence-electron chi connectivity index (χ1n) is 4.65. The van der Waals surface area contributed by atoms with Crippen molar-refractivity contribution >= 4 is 0 Å². The zero-order valence-corrected chi connectivity index (χ0v) is 8.16. The first-order chi connectivity index (χ1) is 6.79. The summed E-state index contributed by atoms with van der Waals surface area (Å²) in [5, 5.41) is 0. The van der Waals surface area contributed by atoms with Crippen molar-refractivity contribution in [1.29, 1.82) is 0 Å². The van der Waals surface area contributed by atoms with Gasteiger partial charge in [-0.2, -0.15) is 0 Å². The Kier molecular flexibility index (Phi) is 2.70. The van der Waals surface area contributed by atoms with Crippen LogP contribution < -0.4 is 4.74 Å². The molecular formula is C11H13O3. The van der Waals surface area contributed by atoms with Gasteiger partial charge in [0.2, 0.25) is 0 Å². The molecule has 1 aromatic rings. The lowest BCUT2D eigenvalue weighted by molar-refractivity contribution is -0.162. The number of hydrogen-bond acceptors (Lipinski definition) is 3. The summed E-state index contributed by atoms with van der Waals surface area (Å²) in [4.78, 5) is 0. The lowest BCUT2D eigenvalue weighted by Gasteiger charge is -2.22.